The molecule has 0 bridgehead atoms. The number of pyridine rings is 1. The Morgan fingerprint density at radius 3 is 2.39 bits per heavy atom. The quantitative estimate of drug-likeness (QED) is 0.347. The number of nitrogens with zero attached hydrogens (tertiary/aromatic N) is 4. The molecule has 0 unspecified atom stereocenters. The van der Waals surface area contributed by atoms with Crippen LogP contribution in [0.4, 0.5) is 5.82 Å². The van der Waals surface area contributed by atoms with E-state index < -0.39 is 5.97 Å². The van der Waals surface area contributed by atoms with E-state index in [0.29, 0.717) is 29.3 Å². The number of carboxylic acids is 1. The van der Waals surface area contributed by atoms with Crippen molar-refractivity contribution in [3.8, 4) is 22.4 Å². The largest absolute Gasteiger partial charge is 0.481 e. The fourth-order valence-electron chi connectivity index (χ4n) is 4.45. The highest BCUT2D eigenvalue weighted by Crippen LogP contribution is 2.40. The molecule has 33 heavy (non-hydrogen) atoms. The zero-order valence-electron chi connectivity index (χ0n) is 17.6. The number of nitrogens with two attached hydrogens (primary N) is 1. The molecule has 5 rings (SSSR count). The number of rotatable bonds is 4. The first-order chi connectivity index (χ1) is 15.9. The van der Waals surface area contributed by atoms with Crippen LogP contribution in [0.2, 0.25) is 5.02 Å². The Balaban J connectivity index is 1.49. The number of aliphatic carboxylic acids is 1. The number of benzene rings is 1. The van der Waals surface area contributed by atoms with Gasteiger partial charge in [0, 0.05) is 33.8 Å². The first-order valence-corrected chi connectivity index (χ1v) is 11.9. The van der Waals surface area contributed by atoms with Crippen LogP contribution in [0.5, 0.6) is 0 Å². The Morgan fingerprint density at radius 2 is 1.76 bits per heavy atom. The van der Waals surface area contributed by atoms with Crippen LogP contribution in [-0.2, 0) is 4.79 Å². The third kappa shape index (κ3) is 4.09. The van der Waals surface area contributed by atoms with E-state index in [2.05, 4.69) is 26.0 Å². The summed E-state index contributed by atoms with van der Waals surface area (Å²) in [6, 6.07) is 11.5. The van der Waals surface area contributed by atoms with Gasteiger partial charge >= 0.3 is 5.97 Å². The molecule has 9 heteroatoms. The van der Waals surface area contributed by atoms with Crippen molar-refractivity contribution >= 4 is 45.0 Å². The van der Waals surface area contributed by atoms with Gasteiger partial charge in [-0.3, -0.25) is 9.78 Å². The van der Waals surface area contributed by atoms with Crippen molar-refractivity contribution in [1.82, 2.24) is 19.6 Å². The summed E-state index contributed by atoms with van der Waals surface area (Å²) in [5.74, 6) is -0.372. The average molecular weight is 527 g/mol. The Labute approximate surface area is 203 Å². The van der Waals surface area contributed by atoms with Crippen LogP contribution in [0, 0.1) is 5.92 Å². The summed E-state index contributed by atoms with van der Waals surface area (Å²) in [6.07, 6.45) is 6.36. The predicted octanol–water partition coefficient (Wildman–Crippen LogP) is 5.81. The third-order valence-electron chi connectivity index (χ3n) is 6.33. The molecule has 1 saturated carbocycles. The molecule has 3 N–H and O–H groups in total. The van der Waals surface area contributed by atoms with Crippen molar-refractivity contribution in [2.24, 2.45) is 5.92 Å². The van der Waals surface area contributed by atoms with Crippen molar-refractivity contribution in [3.05, 3.63) is 64.0 Å². The smallest absolute Gasteiger partial charge is 0.306 e. The van der Waals surface area contributed by atoms with E-state index in [1.165, 1.54) is 0 Å². The third-order valence-corrected chi connectivity index (χ3v) is 7.39. The maximum atomic E-state index is 11.3. The zero-order valence-corrected chi connectivity index (χ0v) is 19.9. The van der Waals surface area contributed by atoms with E-state index in [1.807, 2.05) is 36.4 Å². The number of aromatic nitrogens is 4. The van der Waals surface area contributed by atoms with Crippen LogP contribution in [0.25, 0.3) is 28.0 Å². The highest BCUT2D eigenvalue weighted by Gasteiger charge is 2.30. The highest BCUT2D eigenvalue weighted by molar-refractivity contribution is 9.10. The number of fused-ring (bicyclic) bond motifs is 1. The number of hydrogen-bond donors (Lipinski definition) is 2. The Kier molecular flexibility index (Phi) is 5.80. The van der Waals surface area contributed by atoms with Gasteiger partial charge in [-0.15, -0.1) is 0 Å². The van der Waals surface area contributed by atoms with Crippen molar-refractivity contribution in [2.45, 2.75) is 31.6 Å². The molecule has 1 aliphatic carbocycles. The summed E-state index contributed by atoms with van der Waals surface area (Å²) in [4.78, 5) is 20.9. The molecule has 4 aromatic rings. The van der Waals surface area contributed by atoms with Gasteiger partial charge in [-0.1, -0.05) is 29.8 Å². The molecular weight excluding hydrogens is 506 g/mol. The summed E-state index contributed by atoms with van der Waals surface area (Å²) in [5, 5.41) is 14.4. The molecular formula is C24H21BrClN5O2. The fourth-order valence-corrected chi connectivity index (χ4v) is 5.15. The molecule has 1 fully saturated rings. The lowest BCUT2D eigenvalue weighted by molar-refractivity contribution is -0.142. The monoisotopic (exact) mass is 525 g/mol. The summed E-state index contributed by atoms with van der Waals surface area (Å²) < 4.78 is 2.35. The zero-order chi connectivity index (χ0) is 23.1. The SMILES string of the molecule is Nc1c(Br)c(C2CCC(C(=O)O)CC2)nc2c(-c3ccc(-c4ccc(Cl)cc4)nc3)cnn12. The minimum atomic E-state index is -0.719. The molecule has 0 saturated heterocycles. The lowest BCUT2D eigenvalue weighted by Crippen LogP contribution is -2.21. The van der Waals surface area contributed by atoms with E-state index in [4.69, 9.17) is 22.3 Å². The van der Waals surface area contributed by atoms with Crippen molar-refractivity contribution in [2.75, 3.05) is 5.73 Å². The van der Waals surface area contributed by atoms with Crippen molar-refractivity contribution < 1.29 is 9.90 Å². The van der Waals surface area contributed by atoms with Crippen LogP contribution in [0.3, 0.4) is 0 Å². The van der Waals surface area contributed by atoms with Crippen LogP contribution in [0.15, 0.2) is 53.3 Å². The van der Waals surface area contributed by atoms with Gasteiger partial charge in [0.2, 0.25) is 0 Å². The number of halogens is 2. The van der Waals surface area contributed by atoms with Gasteiger partial charge in [0.05, 0.1) is 28.0 Å². The normalized spacial score (nSPS) is 18.5. The molecule has 0 aliphatic heterocycles. The van der Waals surface area contributed by atoms with E-state index in [-0.39, 0.29) is 11.8 Å². The van der Waals surface area contributed by atoms with Gasteiger partial charge in [0.25, 0.3) is 0 Å². The minimum absolute atomic E-state index is 0.149. The summed E-state index contributed by atoms with van der Waals surface area (Å²) >= 11 is 9.59. The molecule has 3 aromatic heterocycles. The number of carboxylic acid groups (broad SMARTS) is 1. The molecule has 1 aromatic carbocycles. The maximum Gasteiger partial charge on any atom is 0.306 e. The van der Waals surface area contributed by atoms with E-state index >= 15 is 0 Å². The maximum absolute atomic E-state index is 11.3. The Morgan fingerprint density at radius 1 is 1.06 bits per heavy atom. The number of hydrogen-bond acceptors (Lipinski definition) is 5. The summed E-state index contributed by atoms with van der Waals surface area (Å²) in [5.41, 5.74) is 11.5. The van der Waals surface area contributed by atoms with E-state index in [9.17, 15) is 9.90 Å². The van der Waals surface area contributed by atoms with Crippen LogP contribution < -0.4 is 5.73 Å². The number of carbonyl (C=O) groups is 1. The molecule has 1 aliphatic rings. The van der Waals surface area contributed by atoms with E-state index in [0.717, 1.165) is 45.4 Å². The van der Waals surface area contributed by atoms with Gasteiger partial charge in [0.15, 0.2) is 5.65 Å². The van der Waals surface area contributed by atoms with Gasteiger partial charge < -0.3 is 10.8 Å². The highest BCUT2D eigenvalue weighted by atomic mass is 79.9. The first kappa shape index (κ1) is 21.9. The molecule has 168 valence electrons. The minimum Gasteiger partial charge on any atom is -0.481 e. The van der Waals surface area contributed by atoms with Crippen LogP contribution in [0.1, 0.15) is 37.3 Å². The molecule has 7 nitrogen and oxygen atoms in total. The second-order valence-electron chi connectivity index (χ2n) is 8.32. The lowest BCUT2D eigenvalue weighted by atomic mass is 9.80. The van der Waals surface area contributed by atoms with E-state index in [1.54, 1.807) is 16.9 Å². The molecule has 0 amide bonds. The second-order valence-corrected chi connectivity index (χ2v) is 9.55. The van der Waals surface area contributed by atoms with Gasteiger partial charge in [0.1, 0.15) is 5.82 Å². The van der Waals surface area contributed by atoms with Crippen LogP contribution in [-0.4, -0.2) is 30.7 Å². The topological polar surface area (TPSA) is 106 Å². The molecule has 0 radical (unpaired) electrons. The van der Waals surface area contributed by atoms with Gasteiger partial charge in [-0.25, -0.2) is 4.98 Å². The standard InChI is InChI=1S/C24H21BrClN5O2/c25-20-21(14-1-3-15(4-2-14)24(32)33)30-23-18(12-29-31(23)22(20)27)16-7-10-19(28-11-16)13-5-8-17(26)9-6-13/h5-12,14-15H,1-4,27H2,(H,32,33). The molecule has 0 atom stereocenters. The molecule has 3 heterocycles. The fraction of sp³-hybridized carbons (Fsp3) is 0.250. The first-order valence-electron chi connectivity index (χ1n) is 10.7. The summed E-state index contributed by atoms with van der Waals surface area (Å²) in [7, 11) is 0. The van der Waals surface area contributed by atoms with Gasteiger partial charge in [-0.05, 0) is 59.8 Å². The predicted molar refractivity (Wildman–Crippen MR) is 131 cm³/mol. The average Bonchev–Trinajstić information content (AvgIpc) is 3.26. The molecule has 0 spiro atoms. The summed E-state index contributed by atoms with van der Waals surface area (Å²) in [6.45, 7) is 0. The van der Waals surface area contributed by atoms with Gasteiger partial charge in [-0.2, -0.15) is 9.61 Å². The number of anilines is 1. The van der Waals surface area contributed by atoms with Crippen LogP contribution >= 0.6 is 27.5 Å². The number of nitrogen functional groups attached to an aromatic ring is 1. The Bertz CT molecular complexity index is 1330. The second kappa shape index (κ2) is 8.76. The van der Waals surface area contributed by atoms with Crippen molar-refractivity contribution in [3.63, 3.8) is 0 Å². The lowest BCUT2D eigenvalue weighted by Gasteiger charge is -2.26. The Hall–Kier alpha value is -2.97. The van der Waals surface area contributed by atoms with Crippen molar-refractivity contribution in [1.29, 1.82) is 0 Å².